The van der Waals surface area contributed by atoms with Crippen LogP contribution in [0.15, 0.2) is 16.3 Å². The summed E-state index contributed by atoms with van der Waals surface area (Å²) in [5.41, 5.74) is 1.01. The summed E-state index contributed by atoms with van der Waals surface area (Å²) in [7, 11) is -3.45. The van der Waals surface area contributed by atoms with E-state index in [0.717, 1.165) is 22.0 Å². The molecule has 0 aromatic carbocycles. The monoisotopic (exact) mass is 336 g/mol. The lowest BCUT2D eigenvalue weighted by Gasteiger charge is -2.02. The fraction of sp³-hybridized carbons (Fsp3) is 0.364. The summed E-state index contributed by atoms with van der Waals surface area (Å²) in [5.74, 6) is 0. The van der Waals surface area contributed by atoms with Crippen molar-refractivity contribution in [2.45, 2.75) is 24.5 Å². The van der Waals surface area contributed by atoms with Gasteiger partial charge in [0.15, 0.2) is 0 Å². The zero-order chi connectivity index (χ0) is 14.0. The summed E-state index contributed by atoms with van der Waals surface area (Å²) in [6.07, 6.45) is 0.595. The highest BCUT2D eigenvalue weighted by Crippen LogP contribution is 2.25. The van der Waals surface area contributed by atoms with E-state index >= 15 is 0 Å². The van der Waals surface area contributed by atoms with Gasteiger partial charge in [0.05, 0.1) is 15.0 Å². The van der Waals surface area contributed by atoms with Crippen molar-refractivity contribution in [3.63, 3.8) is 0 Å². The lowest BCUT2D eigenvalue weighted by atomic mass is 10.4. The van der Waals surface area contributed by atoms with Gasteiger partial charge in [-0.15, -0.1) is 22.7 Å². The van der Waals surface area contributed by atoms with Gasteiger partial charge in [0.2, 0.25) is 10.0 Å². The number of halogens is 1. The summed E-state index contributed by atoms with van der Waals surface area (Å²) in [6, 6.07) is 3.08. The molecule has 104 valence electrons. The van der Waals surface area contributed by atoms with Crippen molar-refractivity contribution in [2.24, 2.45) is 0 Å². The Morgan fingerprint density at radius 2 is 2.05 bits per heavy atom. The zero-order valence-electron chi connectivity index (χ0n) is 10.4. The lowest BCUT2D eigenvalue weighted by Crippen LogP contribution is -2.25. The molecule has 0 saturated carbocycles. The number of aryl methyl sites for hydroxylation is 2. The number of rotatable bonds is 5. The molecule has 0 amide bonds. The summed E-state index contributed by atoms with van der Waals surface area (Å²) in [6.45, 7) is 4.30. The Morgan fingerprint density at radius 1 is 1.32 bits per heavy atom. The molecule has 2 rings (SSSR count). The van der Waals surface area contributed by atoms with E-state index in [-0.39, 0.29) is 4.21 Å². The Balaban J connectivity index is 1.95. The van der Waals surface area contributed by atoms with Crippen LogP contribution in [0.25, 0.3) is 0 Å². The Kier molecular flexibility index (Phi) is 4.62. The van der Waals surface area contributed by atoms with Crippen molar-refractivity contribution in [1.29, 1.82) is 0 Å². The molecule has 0 aliphatic rings. The lowest BCUT2D eigenvalue weighted by molar-refractivity contribution is 0.583. The van der Waals surface area contributed by atoms with Crippen molar-refractivity contribution < 1.29 is 8.42 Å². The molecule has 1 N–H and O–H groups in total. The first kappa shape index (κ1) is 14.9. The maximum Gasteiger partial charge on any atom is 0.250 e. The van der Waals surface area contributed by atoms with Gasteiger partial charge in [-0.3, -0.25) is 0 Å². The third-order valence-electron chi connectivity index (χ3n) is 2.52. The van der Waals surface area contributed by atoms with E-state index in [1.54, 1.807) is 17.4 Å². The maximum atomic E-state index is 11.9. The van der Waals surface area contributed by atoms with E-state index in [1.165, 1.54) is 10.9 Å². The number of nitrogens with one attached hydrogen (secondary N) is 1. The minimum absolute atomic E-state index is 0.240. The van der Waals surface area contributed by atoms with E-state index < -0.39 is 10.0 Å². The van der Waals surface area contributed by atoms with E-state index in [9.17, 15) is 8.42 Å². The number of aromatic nitrogens is 1. The van der Waals surface area contributed by atoms with Gasteiger partial charge in [-0.25, -0.2) is 18.1 Å². The number of hydrogen-bond acceptors (Lipinski definition) is 5. The van der Waals surface area contributed by atoms with Crippen molar-refractivity contribution in [1.82, 2.24) is 9.71 Å². The molecule has 0 spiro atoms. The van der Waals surface area contributed by atoms with Crippen LogP contribution in [0.2, 0.25) is 4.34 Å². The van der Waals surface area contributed by atoms with E-state index in [2.05, 4.69) is 9.71 Å². The molecule has 0 saturated heterocycles. The van der Waals surface area contributed by atoms with Crippen molar-refractivity contribution in [2.75, 3.05) is 6.54 Å². The zero-order valence-corrected chi connectivity index (χ0v) is 13.6. The summed E-state index contributed by atoms with van der Waals surface area (Å²) >= 11 is 8.38. The first-order chi connectivity index (χ1) is 8.88. The van der Waals surface area contributed by atoms with Gasteiger partial charge in [0, 0.05) is 17.8 Å². The second-order valence-electron chi connectivity index (χ2n) is 3.96. The van der Waals surface area contributed by atoms with Crippen molar-refractivity contribution in [3.8, 4) is 0 Å². The van der Waals surface area contributed by atoms with Crippen LogP contribution in [0, 0.1) is 13.8 Å². The van der Waals surface area contributed by atoms with E-state index in [1.807, 2.05) is 13.8 Å². The average molecular weight is 337 g/mol. The molecule has 0 unspecified atom stereocenters. The molecule has 2 heterocycles. The molecule has 19 heavy (non-hydrogen) atoms. The predicted molar refractivity (Wildman–Crippen MR) is 79.8 cm³/mol. The van der Waals surface area contributed by atoms with Gasteiger partial charge < -0.3 is 0 Å². The van der Waals surface area contributed by atoms with Crippen LogP contribution in [0.5, 0.6) is 0 Å². The number of sulfonamides is 1. The van der Waals surface area contributed by atoms with Gasteiger partial charge in [-0.05, 0) is 26.0 Å². The Labute approximate surface area is 125 Å². The molecule has 0 aliphatic carbocycles. The highest BCUT2D eigenvalue weighted by Gasteiger charge is 2.16. The minimum Gasteiger partial charge on any atom is -0.246 e. The van der Waals surface area contributed by atoms with Crippen LogP contribution in [0.4, 0.5) is 0 Å². The Morgan fingerprint density at radius 3 is 2.58 bits per heavy atom. The van der Waals surface area contributed by atoms with Gasteiger partial charge in [-0.1, -0.05) is 11.6 Å². The fourth-order valence-electron chi connectivity index (χ4n) is 1.45. The average Bonchev–Trinajstić information content (AvgIpc) is 2.87. The van der Waals surface area contributed by atoms with Gasteiger partial charge >= 0.3 is 0 Å². The predicted octanol–water partition coefficient (Wildman–Crippen LogP) is 3.00. The maximum absolute atomic E-state index is 11.9. The van der Waals surface area contributed by atoms with Crippen molar-refractivity contribution >= 4 is 44.3 Å². The molecule has 0 fully saturated rings. The highest BCUT2D eigenvalue weighted by atomic mass is 35.5. The number of nitrogens with zero attached hydrogens (tertiary/aromatic N) is 1. The van der Waals surface area contributed by atoms with Gasteiger partial charge in [0.25, 0.3) is 0 Å². The molecular weight excluding hydrogens is 324 g/mol. The van der Waals surface area contributed by atoms with Crippen molar-refractivity contribution in [3.05, 3.63) is 32.0 Å². The van der Waals surface area contributed by atoms with Gasteiger partial charge in [-0.2, -0.15) is 0 Å². The van der Waals surface area contributed by atoms with Crippen LogP contribution in [0.3, 0.4) is 0 Å². The molecule has 0 aliphatic heterocycles. The number of hydrogen-bond donors (Lipinski definition) is 1. The van der Waals surface area contributed by atoms with Crippen LogP contribution in [0.1, 0.15) is 15.6 Å². The quantitative estimate of drug-likeness (QED) is 0.913. The summed E-state index contributed by atoms with van der Waals surface area (Å²) < 4.78 is 27.1. The molecule has 0 radical (unpaired) electrons. The third kappa shape index (κ3) is 3.76. The number of thiophene rings is 1. The largest absolute Gasteiger partial charge is 0.250 e. The first-order valence-corrected chi connectivity index (χ1v) is 9.06. The summed E-state index contributed by atoms with van der Waals surface area (Å²) in [5, 5.41) is 0.946. The number of thiazole rings is 1. The summed E-state index contributed by atoms with van der Waals surface area (Å²) in [4.78, 5) is 5.54. The Bertz CT molecular complexity index is 656. The van der Waals surface area contributed by atoms with E-state index in [0.29, 0.717) is 17.3 Å². The molecule has 8 heteroatoms. The van der Waals surface area contributed by atoms with Crippen LogP contribution >= 0.6 is 34.3 Å². The highest BCUT2D eigenvalue weighted by molar-refractivity contribution is 7.91. The van der Waals surface area contributed by atoms with Crippen LogP contribution < -0.4 is 4.72 Å². The molecule has 2 aromatic heterocycles. The first-order valence-electron chi connectivity index (χ1n) is 5.56. The topological polar surface area (TPSA) is 59.1 Å². The van der Waals surface area contributed by atoms with Crippen LogP contribution in [-0.4, -0.2) is 19.9 Å². The second-order valence-corrected chi connectivity index (χ2v) is 8.95. The van der Waals surface area contributed by atoms with Crippen LogP contribution in [-0.2, 0) is 16.4 Å². The minimum atomic E-state index is -3.45. The molecule has 0 atom stereocenters. The molecular formula is C11H13ClN2O2S3. The standard InChI is InChI=1S/C11H13ClN2O2S3/c1-7-8(2)17-10(14-7)5-6-13-19(15,16)11-4-3-9(12)18-11/h3-4,13H,5-6H2,1-2H3. The second kappa shape index (κ2) is 5.88. The fourth-order valence-corrected chi connectivity index (χ4v) is 4.94. The molecule has 4 nitrogen and oxygen atoms in total. The van der Waals surface area contributed by atoms with Gasteiger partial charge in [0.1, 0.15) is 4.21 Å². The SMILES string of the molecule is Cc1nc(CCNS(=O)(=O)c2ccc(Cl)s2)sc1C. The smallest absolute Gasteiger partial charge is 0.246 e. The van der Waals surface area contributed by atoms with E-state index in [4.69, 9.17) is 11.6 Å². The normalized spacial score (nSPS) is 11.9. The Hall–Kier alpha value is -0.470. The molecule has 2 aromatic rings. The molecule has 0 bridgehead atoms. The third-order valence-corrected chi connectivity index (χ3v) is 6.83.